The van der Waals surface area contributed by atoms with Crippen LogP contribution >= 0.6 is 11.3 Å². The van der Waals surface area contributed by atoms with Crippen molar-refractivity contribution in [3.8, 4) is 0 Å². The Hall–Kier alpha value is -2.10. The lowest BCUT2D eigenvalue weighted by molar-refractivity contribution is -0.125. The maximum Gasteiger partial charge on any atom is 0.405 e. The molecule has 0 aliphatic heterocycles. The third-order valence-electron chi connectivity index (χ3n) is 3.32. The maximum absolute atomic E-state index is 12.0. The molecule has 6 nitrogen and oxygen atoms in total. The van der Waals surface area contributed by atoms with E-state index in [0.717, 1.165) is 36.1 Å². The van der Waals surface area contributed by atoms with Gasteiger partial charge in [-0.05, 0) is 31.2 Å². The molecule has 24 heavy (non-hydrogen) atoms. The summed E-state index contributed by atoms with van der Waals surface area (Å²) in [6.07, 6.45) is -0.853. The standard InChI is InChI=1S/C14H15F3N2O4S/c15-14(16,17)7-18-13(22)19-11(20)5-23-12(21)9-6-24-10-4-2-1-3-8(9)10/h6H,1-5,7H2,(H2,18,19,20,22). The summed E-state index contributed by atoms with van der Waals surface area (Å²) >= 11 is 1.46. The number of alkyl halides is 3. The van der Waals surface area contributed by atoms with Gasteiger partial charge in [-0.25, -0.2) is 9.59 Å². The summed E-state index contributed by atoms with van der Waals surface area (Å²) in [6.45, 7) is -2.31. The van der Waals surface area contributed by atoms with Gasteiger partial charge in [0, 0.05) is 10.3 Å². The molecule has 0 radical (unpaired) electrons. The van der Waals surface area contributed by atoms with Crippen LogP contribution in [0.1, 0.15) is 33.6 Å². The zero-order chi connectivity index (χ0) is 17.7. The quantitative estimate of drug-likeness (QED) is 0.802. The number of ether oxygens (including phenoxy) is 1. The molecule has 0 fully saturated rings. The molecule has 0 atom stereocenters. The summed E-state index contributed by atoms with van der Waals surface area (Å²) in [4.78, 5) is 35.6. The molecule has 1 aliphatic carbocycles. The molecular weight excluding hydrogens is 349 g/mol. The van der Waals surface area contributed by atoms with E-state index in [1.165, 1.54) is 16.7 Å². The first-order valence-corrected chi connectivity index (χ1v) is 8.05. The predicted molar refractivity (Wildman–Crippen MR) is 78.8 cm³/mol. The van der Waals surface area contributed by atoms with Crippen LogP contribution in [0.2, 0.25) is 0 Å². The molecule has 132 valence electrons. The van der Waals surface area contributed by atoms with E-state index in [4.69, 9.17) is 4.74 Å². The van der Waals surface area contributed by atoms with Gasteiger partial charge in [-0.2, -0.15) is 13.2 Å². The van der Waals surface area contributed by atoms with Gasteiger partial charge >= 0.3 is 18.2 Å². The molecule has 1 aromatic heterocycles. The Labute approximate surface area is 139 Å². The number of imide groups is 1. The van der Waals surface area contributed by atoms with Gasteiger partial charge in [-0.1, -0.05) is 0 Å². The molecule has 0 saturated carbocycles. The average molecular weight is 364 g/mol. The summed E-state index contributed by atoms with van der Waals surface area (Å²) in [5, 5.41) is 4.80. The number of halogens is 3. The number of rotatable bonds is 4. The van der Waals surface area contributed by atoms with Crippen molar-refractivity contribution in [2.24, 2.45) is 0 Å². The highest BCUT2D eigenvalue weighted by atomic mass is 32.1. The Morgan fingerprint density at radius 3 is 2.62 bits per heavy atom. The van der Waals surface area contributed by atoms with Crippen molar-refractivity contribution < 1.29 is 32.3 Å². The molecule has 10 heteroatoms. The molecular formula is C14H15F3N2O4S. The molecule has 0 unspecified atom stereocenters. The van der Waals surface area contributed by atoms with Crippen LogP contribution in [0.15, 0.2) is 5.38 Å². The Morgan fingerprint density at radius 2 is 1.92 bits per heavy atom. The van der Waals surface area contributed by atoms with Crippen LogP contribution in [-0.2, 0) is 22.4 Å². The van der Waals surface area contributed by atoms with E-state index in [2.05, 4.69) is 0 Å². The minimum absolute atomic E-state index is 0.407. The molecule has 1 aromatic rings. The first kappa shape index (κ1) is 18.2. The normalized spacial score (nSPS) is 13.8. The van der Waals surface area contributed by atoms with E-state index in [-0.39, 0.29) is 0 Å². The minimum atomic E-state index is -4.58. The van der Waals surface area contributed by atoms with Crippen molar-refractivity contribution in [2.75, 3.05) is 13.2 Å². The number of thiophene rings is 1. The van der Waals surface area contributed by atoms with E-state index in [0.29, 0.717) is 5.56 Å². The van der Waals surface area contributed by atoms with Gasteiger partial charge < -0.3 is 10.1 Å². The van der Waals surface area contributed by atoms with Gasteiger partial charge in [-0.3, -0.25) is 10.1 Å². The van der Waals surface area contributed by atoms with Crippen LogP contribution < -0.4 is 10.6 Å². The number of aryl methyl sites for hydroxylation is 1. The topological polar surface area (TPSA) is 84.5 Å². The number of hydrogen-bond donors (Lipinski definition) is 2. The zero-order valence-electron chi connectivity index (χ0n) is 12.5. The van der Waals surface area contributed by atoms with Crippen LogP contribution in [0.3, 0.4) is 0 Å². The van der Waals surface area contributed by atoms with Crippen LogP contribution in [0, 0.1) is 0 Å². The highest BCUT2D eigenvalue weighted by molar-refractivity contribution is 7.10. The van der Waals surface area contributed by atoms with Crippen molar-refractivity contribution in [2.45, 2.75) is 31.9 Å². The third-order valence-corrected chi connectivity index (χ3v) is 4.41. The number of fused-ring (bicyclic) bond motifs is 1. The second kappa shape index (κ2) is 7.65. The van der Waals surface area contributed by atoms with Crippen LogP contribution in [0.4, 0.5) is 18.0 Å². The minimum Gasteiger partial charge on any atom is -0.452 e. The average Bonchev–Trinajstić information content (AvgIpc) is 2.94. The second-order valence-corrected chi connectivity index (χ2v) is 6.14. The smallest absolute Gasteiger partial charge is 0.405 e. The highest BCUT2D eigenvalue weighted by Crippen LogP contribution is 2.30. The fourth-order valence-electron chi connectivity index (χ4n) is 2.26. The van der Waals surface area contributed by atoms with Crippen molar-refractivity contribution in [3.63, 3.8) is 0 Å². The number of amides is 3. The SMILES string of the molecule is O=C(COC(=O)c1csc2c1CCCC2)NC(=O)NCC(F)(F)F. The van der Waals surface area contributed by atoms with Crippen LogP contribution in [0.25, 0.3) is 0 Å². The molecule has 2 N–H and O–H groups in total. The zero-order valence-corrected chi connectivity index (χ0v) is 13.3. The Bertz CT molecular complexity index is 642. The van der Waals surface area contributed by atoms with Gasteiger partial charge in [-0.15, -0.1) is 11.3 Å². The summed E-state index contributed by atoms with van der Waals surface area (Å²) < 4.78 is 40.5. The Kier molecular flexibility index (Phi) is 5.81. The molecule has 3 amide bonds. The Morgan fingerprint density at radius 1 is 1.21 bits per heavy atom. The first-order chi connectivity index (χ1) is 11.3. The maximum atomic E-state index is 12.0. The van der Waals surface area contributed by atoms with Crippen molar-refractivity contribution in [1.82, 2.24) is 10.6 Å². The lowest BCUT2D eigenvalue weighted by atomic mass is 9.96. The van der Waals surface area contributed by atoms with E-state index in [1.54, 1.807) is 10.7 Å². The molecule has 1 aliphatic rings. The van der Waals surface area contributed by atoms with Crippen LogP contribution in [0.5, 0.6) is 0 Å². The monoisotopic (exact) mass is 364 g/mol. The van der Waals surface area contributed by atoms with Gasteiger partial charge in [0.05, 0.1) is 5.56 Å². The lowest BCUT2D eigenvalue weighted by Gasteiger charge is -2.12. The van der Waals surface area contributed by atoms with Gasteiger partial charge in [0.2, 0.25) is 0 Å². The van der Waals surface area contributed by atoms with E-state index >= 15 is 0 Å². The number of nitrogens with one attached hydrogen (secondary N) is 2. The molecule has 2 rings (SSSR count). The summed E-state index contributed by atoms with van der Waals surface area (Å²) in [7, 11) is 0. The number of carbonyl (C=O) groups is 3. The lowest BCUT2D eigenvalue weighted by Crippen LogP contribution is -2.44. The second-order valence-electron chi connectivity index (χ2n) is 5.18. The van der Waals surface area contributed by atoms with Gasteiger partial charge in [0.25, 0.3) is 5.91 Å². The largest absolute Gasteiger partial charge is 0.452 e. The number of esters is 1. The molecule has 0 spiro atoms. The number of hydrogen-bond acceptors (Lipinski definition) is 5. The fourth-order valence-corrected chi connectivity index (χ4v) is 3.38. The summed E-state index contributed by atoms with van der Waals surface area (Å²) in [5.74, 6) is -1.69. The number of urea groups is 1. The molecule has 0 aromatic carbocycles. The van der Waals surface area contributed by atoms with E-state index in [1.807, 2.05) is 0 Å². The van der Waals surface area contributed by atoms with Crippen molar-refractivity contribution in [1.29, 1.82) is 0 Å². The summed E-state index contributed by atoms with van der Waals surface area (Å²) in [6, 6.07) is -1.30. The summed E-state index contributed by atoms with van der Waals surface area (Å²) in [5.41, 5.74) is 1.34. The van der Waals surface area contributed by atoms with Crippen LogP contribution in [-0.4, -0.2) is 37.2 Å². The highest BCUT2D eigenvalue weighted by Gasteiger charge is 2.28. The molecule has 0 bridgehead atoms. The fraction of sp³-hybridized carbons (Fsp3) is 0.500. The van der Waals surface area contributed by atoms with Gasteiger partial charge in [0.15, 0.2) is 6.61 Å². The predicted octanol–water partition coefficient (Wildman–Crippen LogP) is 2.17. The number of carbonyl (C=O) groups excluding carboxylic acids is 3. The first-order valence-electron chi connectivity index (χ1n) is 7.17. The third kappa shape index (κ3) is 5.22. The Balaban J connectivity index is 1.78. The molecule has 0 saturated heterocycles. The van der Waals surface area contributed by atoms with Crippen molar-refractivity contribution in [3.05, 3.63) is 21.4 Å². The van der Waals surface area contributed by atoms with Crippen molar-refractivity contribution >= 4 is 29.2 Å². The van der Waals surface area contributed by atoms with E-state index < -0.39 is 37.2 Å². The van der Waals surface area contributed by atoms with Gasteiger partial charge in [0.1, 0.15) is 6.54 Å². The van der Waals surface area contributed by atoms with E-state index in [9.17, 15) is 27.6 Å². The molecule has 1 heterocycles.